The Kier molecular flexibility index (Phi) is 4.53. The van der Waals surface area contributed by atoms with Crippen molar-refractivity contribution in [2.75, 3.05) is 6.61 Å². The van der Waals surface area contributed by atoms with Crippen molar-refractivity contribution < 1.29 is 14.6 Å². The van der Waals surface area contributed by atoms with Crippen LogP contribution in [0.2, 0.25) is 0 Å². The lowest BCUT2D eigenvalue weighted by Gasteiger charge is -2.14. The molecule has 0 aromatic heterocycles. The van der Waals surface area contributed by atoms with Gasteiger partial charge in [-0.2, -0.15) is 0 Å². The lowest BCUT2D eigenvalue weighted by Crippen LogP contribution is -2.09. The normalized spacial score (nSPS) is 12.1. The number of rotatable bonds is 5. The molecule has 1 unspecified atom stereocenters. The summed E-state index contributed by atoms with van der Waals surface area (Å²) in [6.45, 7) is 5.29. The van der Waals surface area contributed by atoms with Gasteiger partial charge in [-0.25, -0.2) is 4.79 Å². The highest BCUT2D eigenvalue weighted by Gasteiger charge is 2.12. The summed E-state index contributed by atoms with van der Waals surface area (Å²) in [5.41, 5.74) is 1.22. The predicted molar refractivity (Wildman–Crippen MR) is 79.3 cm³/mol. The molecular weight excluding hydrogens is 252 g/mol. The van der Waals surface area contributed by atoms with Crippen molar-refractivity contribution in [3.05, 3.63) is 60.2 Å². The minimum absolute atomic E-state index is 0.177. The summed E-state index contributed by atoms with van der Waals surface area (Å²) < 4.78 is 5.01. The quantitative estimate of drug-likeness (QED) is 0.669. The summed E-state index contributed by atoms with van der Waals surface area (Å²) in [5, 5.41) is 12.4. The molecule has 0 bridgehead atoms. The number of benzene rings is 2. The highest BCUT2D eigenvalue weighted by Crippen LogP contribution is 2.26. The largest absolute Gasteiger partial charge is 0.462 e. The molecule has 0 aliphatic rings. The highest BCUT2D eigenvalue weighted by atomic mass is 16.5. The van der Waals surface area contributed by atoms with Gasteiger partial charge in [0.1, 0.15) is 0 Å². The van der Waals surface area contributed by atoms with Crippen LogP contribution < -0.4 is 0 Å². The molecule has 0 saturated carbocycles. The summed E-state index contributed by atoms with van der Waals surface area (Å²) in [5.74, 6) is -0.421. The average molecular weight is 270 g/mol. The Bertz CT molecular complexity index is 626. The van der Waals surface area contributed by atoms with Crippen molar-refractivity contribution in [1.29, 1.82) is 0 Å². The van der Waals surface area contributed by atoms with Crippen LogP contribution in [0, 0.1) is 0 Å². The van der Waals surface area contributed by atoms with E-state index in [1.54, 1.807) is 6.92 Å². The molecule has 20 heavy (non-hydrogen) atoms. The maximum absolute atomic E-state index is 11.3. The summed E-state index contributed by atoms with van der Waals surface area (Å²) >= 11 is 0. The van der Waals surface area contributed by atoms with E-state index in [-0.39, 0.29) is 6.61 Å². The molecule has 1 atom stereocenters. The van der Waals surface area contributed by atoms with Crippen LogP contribution in [-0.2, 0) is 9.53 Å². The van der Waals surface area contributed by atoms with Gasteiger partial charge < -0.3 is 9.84 Å². The molecule has 0 fully saturated rings. The fourth-order valence-corrected chi connectivity index (χ4v) is 2.08. The van der Waals surface area contributed by atoms with Gasteiger partial charge in [0.25, 0.3) is 0 Å². The molecule has 2 aromatic carbocycles. The molecule has 0 aliphatic carbocycles. The number of aliphatic hydroxyl groups is 1. The van der Waals surface area contributed by atoms with Crippen molar-refractivity contribution in [3.8, 4) is 0 Å². The topological polar surface area (TPSA) is 46.5 Å². The molecule has 3 heteroatoms. The SMILES string of the molecule is C=C(C)C(=O)OCCC(O)c1cccc2ccccc12. The fourth-order valence-electron chi connectivity index (χ4n) is 2.08. The molecule has 0 saturated heterocycles. The molecule has 1 N–H and O–H groups in total. The standard InChI is InChI=1S/C17H18O3/c1-12(2)17(19)20-11-10-16(18)15-9-5-7-13-6-3-4-8-14(13)15/h3-9,16,18H,1,10-11H2,2H3. The molecule has 0 heterocycles. The van der Waals surface area contributed by atoms with Crippen molar-refractivity contribution >= 4 is 16.7 Å². The van der Waals surface area contributed by atoms with Gasteiger partial charge in [0, 0.05) is 12.0 Å². The minimum Gasteiger partial charge on any atom is -0.462 e. The Morgan fingerprint density at radius 1 is 1.25 bits per heavy atom. The molecule has 0 spiro atoms. The van der Waals surface area contributed by atoms with Crippen molar-refractivity contribution in [2.45, 2.75) is 19.4 Å². The lowest BCUT2D eigenvalue weighted by atomic mass is 9.99. The number of ether oxygens (including phenoxy) is 1. The van der Waals surface area contributed by atoms with Gasteiger partial charge in [0.2, 0.25) is 0 Å². The van der Waals surface area contributed by atoms with Crippen LogP contribution in [0.3, 0.4) is 0 Å². The van der Waals surface area contributed by atoms with Gasteiger partial charge in [0.15, 0.2) is 0 Å². The van der Waals surface area contributed by atoms with Crippen LogP contribution in [0.4, 0.5) is 0 Å². The van der Waals surface area contributed by atoms with Crippen molar-refractivity contribution in [2.24, 2.45) is 0 Å². The van der Waals surface area contributed by atoms with E-state index < -0.39 is 12.1 Å². The number of carbonyl (C=O) groups is 1. The number of fused-ring (bicyclic) bond motifs is 1. The first kappa shape index (κ1) is 14.3. The Labute approximate surface area is 118 Å². The first-order valence-corrected chi connectivity index (χ1v) is 6.58. The Balaban J connectivity index is 2.06. The van der Waals surface area contributed by atoms with Gasteiger partial charge in [-0.1, -0.05) is 49.0 Å². The number of aliphatic hydroxyl groups excluding tert-OH is 1. The summed E-state index contributed by atoms with van der Waals surface area (Å²) in [4.78, 5) is 11.3. The summed E-state index contributed by atoms with van der Waals surface area (Å²) in [6.07, 6.45) is -0.286. The zero-order valence-electron chi connectivity index (χ0n) is 11.5. The highest BCUT2D eigenvalue weighted by molar-refractivity contribution is 5.87. The average Bonchev–Trinajstić information content (AvgIpc) is 2.46. The van der Waals surface area contributed by atoms with E-state index in [9.17, 15) is 9.90 Å². The van der Waals surface area contributed by atoms with E-state index in [2.05, 4.69) is 6.58 Å². The molecule has 0 radical (unpaired) electrons. The fraction of sp³-hybridized carbons (Fsp3) is 0.235. The van der Waals surface area contributed by atoms with Gasteiger partial charge in [-0.15, -0.1) is 0 Å². The zero-order valence-corrected chi connectivity index (χ0v) is 11.5. The first-order valence-electron chi connectivity index (χ1n) is 6.58. The Morgan fingerprint density at radius 2 is 1.95 bits per heavy atom. The zero-order chi connectivity index (χ0) is 14.5. The smallest absolute Gasteiger partial charge is 0.333 e. The number of hydrogen-bond donors (Lipinski definition) is 1. The number of hydrogen-bond acceptors (Lipinski definition) is 3. The monoisotopic (exact) mass is 270 g/mol. The van der Waals surface area contributed by atoms with E-state index >= 15 is 0 Å². The third-order valence-electron chi connectivity index (χ3n) is 3.16. The first-order chi connectivity index (χ1) is 9.59. The third-order valence-corrected chi connectivity index (χ3v) is 3.16. The number of esters is 1. The Morgan fingerprint density at radius 3 is 2.70 bits per heavy atom. The lowest BCUT2D eigenvalue weighted by molar-refractivity contribution is -0.139. The second kappa shape index (κ2) is 6.35. The molecule has 0 aliphatic heterocycles. The Hall–Kier alpha value is -2.13. The molecular formula is C17H18O3. The van der Waals surface area contributed by atoms with Crippen LogP contribution >= 0.6 is 0 Å². The number of carbonyl (C=O) groups excluding carboxylic acids is 1. The van der Waals surface area contributed by atoms with E-state index in [0.717, 1.165) is 16.3 Å². The maximum Gasteiger partial charge on any atom is 0.333 e. The van der Waals surface area contributed by atoms with Crippen LogP contribution in [0.5, 0.6) is 0 Å². The van der Waals surface area contributed by atoms with Crippen molar-refractivity contribution in [3.63, 3.8) is 0 Å². The molecule has 0 amide bonds. The van der Waals surface area contributed by atoms with E-state index in [1.807, 2.05) is 42.5 Å². The van der Waals surface area contributed by atoms with Crippen LogP contribution in [-0.4, -0.2) is 17.7 Å². The predicted octanol–water partition coefficient (Wildman–Crippen LogP) is 3.38. The maximum atomic E-state index is 11.3. The second-order valence-corrected chi connectivity index (χ2v) is 4.79. The third kappa shape index (κ3) is 3.25. The van der Waals surface area contributed by atoms with E-state index in [0.29, 0.717) is 12.0 Å². The van der Waals surface area contributed by atoms with Gasteiger partial charge in [-0.05, 0) is 23.3 Å². The van der Waals surface area contributed by atoms with Crippen LogP contribution in [0.25, 0.3) is 10.8 Å². The van der Waals surface area contributed by atoms with E-state index in [1.165, 1.54) is 0 Å². The summed E-state index contributed by atoms with van der Waals surface area (Å²) in [7, 11) is 0. The van der Waals surface area contributed by atoms with Crippen molar-refractivity contribution in [1.82, 2.24) is 0 Å². The molecule has 2 rings (SSSR count). The van der Waals surface area contributed by atoms with Crippen LogP contribution in [0.1, 0.15) is 25.0 Å². The van der Waals surface area contributed by atoms with Gasteiger partial charge in [0.05, 0.1) is 12.7 Å². The van der Waals surface area contributed by atoms with E-state index in [4.69, 9.17) is 4.74 Å². The molecule has 2 aromatic rings. The molecule has 104 valence electrons. The second-order valence-electron chi connectivity index (χ2n) is 4.79. The minimum atomic E-state index is -0.654. The van der Waals surface area contributed by atoms with Crippen LogP contribution in [0.15, 0.2) is 54.6 Å². The summed E-state index contributed by atoms with van der Waals surface area (Å²) in [6, 6.07) is 13.7. The van der Waals surface area contributed by atoms with Gasteiger partial charge >= 0.3 is 5.97 Å². The van der Waals surface area contributed by atoms with Gasteiger partial charge in [-0.3, -0.25) is 0 Å². The molecule has 3 nitrogen and oxygen atoms in total.